The maximum atomic E-state index is 3.40. The van der Waals surface area contributed by atoms with Crippen LogP contribution in [0.1, 0.15) is 45.4 Å². The van der Waals surface area contributed by atoms with Crippen molar-refractivity contribution in [2.24, 2.45) is 11.3 Å². The Morgan fingerprint density at radius 1 is 1.50 bits per heavy atom. The van der Waals surface area contributed by atoms with Crippen LogP contribution in [0.2, 0.25) is 0 Å². The second-order valence-electron chi connectivity index (χ2n) is 5.10. The molecule has 2 unspecified atom stereocenters. The lowest BCUT2D eigenvalue weighted by Crippen LogP contribution is -2.47. The van der Waals surface area contributed by atoms with Crippen LogP contribution in [0.5, 0.6) is 0 Å². The molecule has 0 aliphatic heterocycles. The molecule has 0 spiro atoms. The molecule has 0 saturated heterocycles. The van der Waals surface area contributed by atoms with E-state index in [9.17, 15) is 0 Å². The third-order valence-corrected chi connectivity index (χ3v) is 4.39. The molecule has 14 heavy (non-hydrogen) atoms. The zero-order valence-corrected chi connectivity index (χ0v) is 9.60. The molecule has 0 aromatic carbocycles. The van der Waals surface area contributed by atoms with Crippen molar-refractivity contribution in [3.8, 4) is 0 Å². The predicted molar refractivity (Wildman–Crippen MR) is 61.3 cm³/mol. The summed E-state index contributed by atoms with van der Waals surface area (Å²) < 4.78 is 0. The lowest BCUT2D eigenvalue weighted by atomic mass is 9.55. The van der Waals surface area contributed by atoms with E-state index in [2.05, 4.69) is 25.4 Å². The molecule has 1 heteroatoms. The molecule has 80 valence electrons. The summed E-state index contributed by atoms with van der Waals surface area (Å²) >= 11 is 0. The molecular weight excluding hydrogens is 170 g/mol. The van der Waals surface area contributed by atoms with Crippen molar-refractivity contribution in [2.75, 3.05) is 13.6 Å². The normalized spacial score (nSPS) is 37.6. The Bertz CT molecular complexity index is 231. The third-order valence-electron chi connectivity index (χ3n) is 4.39. The van der Waals surface area contributed by atoms with Crippen molar-refractivity contribution < 1.29 is 0 Å². The van der Waals surface area contributed by atoms with Crippen molar-refractivity contribution in [2.45, 2.75) is 45.4 Å². The summed E-state index contributed by atoms with van der Waals surface area (Å²) in [7, 11) is 2.09. The van der Waals surface area contributed by atoms with Crippen molar-refractivity contribution in [1.82, 2.24) is 5.32 Å². The van der Waals surface area contributed by atoms with E-state index in [-0.39, 0.29) is 0 Å². The molecule has 1 saturated carbocycles. The highest BCUT2D eigenvalue weighted by Gasteiger charge is 2.45. The number of hydrogen-bond donors (Lipinski definition) is 1. The molecule has 0 radical (unpaired) electrons. The topological polar surface area (TPSA) is 12.0 Å². The number of rotatable bonds is 3. The molecule has 1 fully saturated rings. The van der Waals surface area contributed by atoms with Crippen LogP contribution in [0.3, 0.4) is 0 Å². The Morgan fingerprint density at radius 2 is 2.36 bits per heavy atom. The van der Waals surface area contributed by atoms with Gasteiger partial charge in [0, 0.05) is 12.0 Å². The Morgan fingerprint density at radius 3 is 2.79 bits per heavy atom. The molecule has 1 N–H and O–H groups in total. The van der Waals surface area contributed by atoms with Crippen LogP contribution in [-0.4, -0.2) is 13.6 Å². The fourth-order valence-electron chi connectivity index (χ4n) is 3.24. The predicted octanol–water partition coefficient (Wildman–Crippen LogP) is 3.12. The molecule has 0 aromatic heterocycles. The van der Waals surface area contributed by atoms with Gasteiger partial charge in [-0.05, 0) is 51.5 Å². The first kappa shape index (κ1) is 10.2. The van der Waals surface area contributed by atoms with Gasteiger partial charge in [-0.15, -0.1) is 0 Å². The van der Waals surface area contributed by atoms with Gasteiger partial charge in [0.25, 0.3) is 0 Å². The molecular formula is C13H23N. The number of hydrogen-bond acceptors (Lipinski definition) is 1. The molecule has 0 bridgehead atoms. The maximum absolute atomic E-state index is 3.40. The summed E-state index contributed by atoms with van der Waals surface area (Å²) in [4.78, 5) is 0. The van der Waals surface area contributed by atoms with E-state index >= 15 is 0 Å². The lowest BCUT2D eigenvalue weighted by molar-refractivity contribution is 0.0818. The standard InChI is InChI=1S/C13H23N/c1-11-8-9-13(11,10-14-2)12-6-4-3-5-7-12/h6,11,14H,3-5,7-10H2,1-2H3. The van der Waals surface area contributed by atoms with Gasteiger partial charge < -0.3 is 5.32 Å². The minimum Gasteiger partial charge on any atom is -0.319 e. The number of nitrogens with one attached hydrogen (secondary N) is 1. The molecule has 2 rings (SSSR count). The smallest absolute Gasteiger partial charge is 0.00622 e. The Balaban J connectivity index is 2.13. The van der Waals surface area contributed by atoms with Gasteiger partial charge >= 0.3 is 0 Å². The van der Waals surface area contributed by atoms with Crippen molar-refractivity contribution >= 4 is 0 Å². The Hall–Kier alpha value is -0.300. The first-order chi connectivity index (χ1) is 6.79. The third kappa shape index (κ3) is 1.52. The van der Waals surface area contributed by atoms with Gasteiger partial charge in [-0.1, -0.05) is 18.6 Å². The lowest BCUT2D eigenvalue weighted by Gasteiger charge is -2.51. The molecule has 0 amide bonds. The molecule has 0 aromatic rings. The average Bonchev–Trinajstić information content (AvgIpc) is 2.25. The highest BCUT2D eigenvalue weighted by Crippen LogP contribution is 2.53. The SMILES string of the molecule is CNCC1(C2=CCCCC2)CCC1C. The number of allylic oxidation sites excluding steroid dienone is 1. The van der Waals surface area contributed by atoms with Crippen molar-refractivity contribution in [3.63, 3.8) is 0 Å². The van der Waals surface area contributed by atoms with E-state index in [0.29, 0.717) is 5.41 Å². The first-order valence-corrected chi connectivity index (χ1v) is 6.14. The van der Waals surface area contributed by atoms with Crippen molar-refractivity contribution in [3.05, 3.63) is 11.6 Å². The summed E-state index contributed by atoms with van der Waals surface area (Å²) in [6, 6.07) is 0. The van der Waals surface area contributed by atoms with Gasteiger partial charge in [0.15, 0.2) is 0 Å². The summed E-state index contributed by atoms with van der Waals surface area (Å²) in [6.45, 7) is 3.62. The highest BCUT2D eigenvalue weighted by atomic mass is 14.8. The van der Waals surface area contributed by atoms with E-state index in [1.54, 1.807) is 5.57 Å². The molecule has 1 nitrogen and oxygen atoms in total. The van der Waals surface area contributed by atoms with Gasteiger partial charge in [0.1, 0.15) is 0 Å². The zero-order chi connectivity index (χ0) is 10.0. The van der Waals surface area contributed by atoms with Gasteiger partial charge in [0.2, 0.25) is 0 Å². The fraction of sp³-hybridized carbons (Fsp3) is 0.846. The second kappa shape index (κ2) is 4.06. The van der Waals surface area contributed by atoms with Crippen LogP contribution >= 0.6 is 0 Å². The van der Waals surface area contributed by atoms with E-state index in [4.69, 9.17) is 0 Å². The zero-order valence-electron chi connectivity index (χ0n) is 9.60. The van der Waals surface area contributed by atoms with E-state index in [1.165, 1.54) is 45.1 Å². The monoisotopic (exact) mass is 193 g/mol. The van der Waals surface area contributed by atoms with Gasteiger partial charge in [-0.2, -0.15) is 0 Å². The maximum Gasteiger partial charge on any atom is 0.00622 e. The highest BCUT2D eigenvalue weighted by molar-refractivity contribution is 5.22. The molecule has 2 aliphatic rings. The van der Waals surface area contributed by atoms with Crippen LogP contribution < -0.4 is 5.32 Å². The summed E-state index contributed by atoms with van der Waals surface area (Å²) in [5, 5.41) is 3.40. The average molecular weight is 193 g/mol. The summed E-state index contributed by atoms with van der Waals surface area (Å²) in [5.74, 6) is 0.902. The van der Waals surface area contributed by atoms with E-state index in [1.807, 2.05) is 0 Å². The summed E-state index contributed by atoms with van der Waals surface area (Å²) in [5.41, 5.74) is 2.33. The van der Waals surface area contributed by atoms with Crippen LogP contribution in [0.15, 0.2) is 11.6 Å². The van der Waals surface area contributed by atoms with Gasteiger partial charge in [-0.25, -0.2) is 0 Å². The fourth-order valence-corrected chi connectivity index (χ4v) is 3.24. The first-order valence-electron chi connectivity index (χ1n) is 6.14. The summed E-state index contributed by atoms with van der Waals surface area (Å²) in [6.07, 6.45) is 10.9. The van der Waals surface area contributed by atoms with Crippen LogP contribution in [0.4, 0.5) is 0 Å². The van der Waals surface area contributed by atoms with E-state index in [0.717, 1.165) is 5.92 Å². The second-order valence-corrected chi connectivity index (χ2v) is 5.10. The Kier molecular flexibility index (Phi) is 2.96. The molecule has 0 heterocycles. The quantitative estimate of drug-likeness (QED) is 0.679. The van der Waals surface area contributed by atoms with E-state index < -0.39 is 0 Å². The van der Waals surface area contributed by atoms with Crippen LogP contribution in [0.25, 0.3) is 0 Å². The molecule has 2 atom stereocenters. The van der Waals surface area contributed by atoms with Crippen LogP contribution in [0, 0.1) is 11.3 Å². The van der Waals surface area contributed by atoms with Gasteiger partial charge in [0.05, 0.1) is 0 Å². The van der Waals surface area contributed by atoms with Crippen molar-refractivity contribution in [1.29, 1.82) is 0 Å². The van der Waals surface area contributed by atoms with Crippen LogP contribution in [-0.2, 0) is 0 Å². The minimum atomic E-state index is 0.551. The van der Waals surface area contributed by atoms with Gasteiger partial charge in [-0.3, -0.25) is 0 Å². The molecule has 2 aliphatic carbocycles. The Labute approximate surface area is 88.0 Å². The minimum absolute atomic E-state index is 0.551. The largest absolute Gasteiger partial charge is 0.319 e.